The average molecular weight is 522 g/mol. The number of carbonyl (C=O) groups is 1. The smallest absolute Gasteiger partial charge is 0.208 e. The van der Waals surface area contributed by atoms with Crippen LogP contribution in [0.25, 0.3) is 11.2 Å². The Hall–Kier alpha value is -2.99. The summed E-state index contributed by atoms with van der Waals surface area (Å²) >= 11 is 6.14. The molecule has 1 aromatic carbocycles. The Labute approximate surface area is 221 Å². The van der Waals surface area contributed by atoms with Gasteiger partial charge in [0.05, 0.1) is 24.0 Å². The summed E-state index contributed by atoms with van der Waals surface area (Å²) in [6.07, 6.45) is 3.49. The quantitative estimate of drug-likeness (QED) is 0.288. The summed E-state index contributed by atoms with van der Waals surface area (Å²) < 4.78 is 1.88. The normalized spacial score (nSPS) is 26.0. The third-order valence-electron chi connectivity index (χ3n) is 7.78. The monoisotopic (exact) mass is 521 g/mol. The highest BCUT2D eigenvalue weighted by Gasteiger charge is 2.73. The van der Waals surface area contributed by atoms with Gasteiger partial charge in [0, 0.05) is 36.9 Å². The minimum absolute atomic E-state index is 0.0292. The number of nitrogens with one attached hydrogen (secondary N) is 1. The van der Waals surface area contributed by atoms with Crippen LogP contribution in [-0.4, -0.2) is 47.7 Å². The number of halogens is 1. The number of benzene rings is 1. The largest absolute Gasteiger partial charge is 0.390 e. The molecule has 37 heavy (non-hydrogen) atoms. The number of anilines is 1. The van der Waals surface area contributed by atoms with Crippen LogP contribution in [0.15, 0.2) is 30.6 Å². The minimum atomic E-state index is -1.03. The molecule has 0 saturated heterocycles. The number of fused-ring (bicyclic) bond motifs is 2. The Kier molecular flexibility index (Phi) is 7.21. The van der Waals surface area contributed by atoms with Gasteiger partial charge in [0.1, 0.15) is 5.78 Å². The molecular formula is C28H32ClN5O3. The van der Waals surface area contributed by atoms with Gasteiger partial charge in [-0.05, 0) is 42.4 Å². The predicted octanol–water partition coefficient (Wildman–Crippen LogP) is 3.97. The number of nitrogens with zero attached hydrogens (tertiary/aromatic N) is 4. The van der Waals surface area contributed by atoms with Gasteiger partial charge < -0.3 is 20.1 Å². The summed E-state index contributed by atoms with van der Waals surface area (Å²) in [5.74, 6) is 6.92. The molecule has 2 unspecified atom stereocenters. The second-order valence-electron chi connectivity index (χ2n) is 10.1. The van der Waals surface area contributed by atoms with E-state index in [2.05, 4.69) is 34.0 Å². The van der Waals surface area contributed by atoms with E-state index in [1.807, 2.05) is 28.8 Å². The Bertz CT molecular complexity index is 1380. The van der Waals surface area contributed by atoms with Crippen LogP contribution in [0.5, 0.6) is 0 Å². The molecule has 2 heterocycles. The van der Waals surface area contributed by atoms with Crippen molar-refractivity contribution in [2.24, 2.45) is 17.3 Å². The van der Waals surface area contributed by atoms with Crippen LogP contribution in [0.2, 0.25) is 5.02 Å². The molecule has 0 amide bonds. The van der Waals surface area contributed by atoms with Crippen molar-refractivity contribution in [2.45, 2.75) is 71.2 Å². The molecule has 8 nitrogen and oxygen atoms in total. The van der Waals surface area contributed by atoms with Crippen LogP contribution in [0.3, 0.4) is 0 Å². The van der Waals surface area contributed by atoms with Gasteiger partial charge in [0.2, 0.25) is 5.82 Å². The third-order valence-corrected chi connectivity index (χ3v) is 8.02. The number of hydrogen-bond acceptors (Lipinski definition) is 7. The Morgan fingerprint density at radius 1 is 1.30 bits per heavy atom. The lowest BCUT2D eigenvalue weighted by Gasteiger charge is -2.23. The fourth-order valence-electron chi connectivity index (χ4n) is 5.73. The summed E-state index contributed by atoms with van der Waals surface area (Å²) in [4.78, 5) is 26.5. The van der Waals surface area contributed by atoms with Crippen LogP contribution in [-0.2, 0) is 17.9 Å². The fourth-order valence-corrected chi connectivity index (χ4v) is 5.94. The average Bonchev–Trinajstić information content (AvgIpc) is 3.46. The molecule has 0 spiro atoms. The van der Waals surface area contributed by atoms with Crippen molar-refractivity contribution < 1.29 is 15.0 Å². The lowest BCUT2D eigenvalue weighted by atomic mass is 9.92. The summed E-state index contributed by atoms with van der Waals surface area (Å²) in [7, 11) is 0. The van der Waals surface area contributed by atoms with E-state index in [1.54, 1.807) is 13.3 Å². The number of unbranched alkanes of at least 4 members (excludes halogenated alkanes) is 2. The van der Waals surface area contributed by atoms with Crippen molar-refractivity contribution in [3.8, 4) is 11.8 Å². The highest BCUT2D eigenvalue weighted by molar-refractivity contribution is 6.30. The van der Waals surface area contributed by atoms with E-state index in [0.29, 0.717) is 53.8 Å². The van der Waals surface area contributed by atoms with Gasteiger partial charge in [-0.2, -0.15) is 0 Å². The standard InChI is InChI=1S/C28H32ClN5O3/c1-3-5-6-7-11-22-32-26(30-14-17-9-8-10-18(29)12-17)23-27(33-22)34(16-31-23)15-19-20-13-28(20,21(35)4-2)25(37)24(19)36/h8-10,12,16,19-20,24-25,36-37H,3-6,13-15H2,1-2H3,(H,30,32,33)/t19-,20?,24-,25?,28-/m1/s1. The maximum atomic E-state index is 12.6. The molecule has 2 fully saturated rings. The molecule has 194 valence electrons. The molecule has 3 aromatic rings. The van der Waals surface area contributed by atoms with Crippen molar-refractivity contribution in [3.63, 3.8) is 0 Å². The van der Waals surface area contributed by atoms with E-state index in [0.717, 1.165) is 24.8 Å². The van der Waals surface area contributed by atoms with Gasteiger partial charge in [-0.15, -0.1) is 0 Å². The summed E-state index contributed by atoms with van der Waals surface area (Å²) in [6.45, 7) is 4.82. The maximum Gasteiger partial charge on any atom is 0.208 e. The Balaban J connectivity index is 1.45. The molecule has 2 aliphatic carbocycles. The predicted molar refractivity (Wildman–Crippen MR) is 142 cm³/mol. The number of Topliss-reactive ketones (excluding diaryl/α,β-unsaturated/α-hetero) is 1. The second kappa shape index (κ2) is 10.4. The molecule has 5 atom stereocenters. The maximum absolute atomic E-state index is 12.6. The van der Waals surface area contributed by atoms with Crippen molar-refractivity contribution in [1.82, 2.24) is 19.5 Å². The molecule has 2 aliphatic rings. The number of imidazole rings is 1. The first-order valence-corrected chi connectivity index (χ1v) is 13.4. The second-order valence-corrected chi connectivity index (χ2v) is 10.5. The molecule has 5 rings (SSSR count). The van der Waals surface area contributed by atoms with Crippen molar-refractivity contribution in [3.05, 3.63) is 47.0 Å². The highest BCUT2D eigenvalue weighted by Crippen LogP contribution is 2.67. The van der Waals surface area contributed by atoms with E-state index < -0.39 is 17.6 Å². The number of rotatable bonds is 9. The number of aromatic nitrogens is 4. The number of aliphatic hydroxyl groups excluding tert-OH is 2. The number of ketones is 1. The number of carbonyl (C=O) groups excluding carboxylic acids is 1. The highest BCUT2D eigenvalue weighted by atomic mass is 35.5. The Morgan fingerprint density at radius 2 is 2.14 bits per heavy atom. The lowest BCUT2D eigenvalue weighted by Crippen LogP contribution is -2.37. The molecular weight excluding hydrogens is 490 g/mol. The van der Waals surface area contributed by atoms with E-state index in [-0.39, 0.29) is 17.6 Å². The lowest BCUT2D eigenvalue weighted by molar-refractivity contribution is -0.130. The number of aliphatic hydroxyl groups is 2. The first-order chi connectivity index (χ1) is 17.9. The molecule has 0 bridgehead atoms. The van der Waals surface area contributed by atoms with E-state index in [1.165, 1.54) is 0 Å². The van der Waals surface area contributed by atoms with E-state index in [4.69, 9.17) is 16.6 Å². The summed E-state index contributed by atoms with van der Waals surface area (Å²) in [5.41, 5.74) is 1.40. The topological polar surface area (TPSA) is 113 Å². The SMILES string of the molecule is CCCCC#Cc1nc(NCc2cccc(Cl)c2)c2ncn(C[C@@H]3C4C[C@@]4(C(=O)CC)C(O)[C@@H]3O)c2n1. The third kappa shape index (κ3) is 4.72. The van der Waals surface area contributed by atoms with Crippen molar-refractivity contribution in [2.75, 3.05) is 5.32 Å². The molecule has 2 aromatic heterocycles. The number of hydrogen-bond donors (Lipinski definition) is 3. The summed E-state index contributed by atoms with van der Waals surface area (Å²) in [6, 6.07) is 7.60. The zero-order valence-electron chi connectivity index (χ0n) is 21.1. The van der Waals surface area contributed by atoms with Crippen molar-refractivity contribution >= 4 is 34.4 Å². The first kappa shape index (κ1) is 25.7. The Morgan fingerprint density at radius 3 is 2.89 bits per heavy atom. The molecule has 9 heteroatoms. The fraction of sp³-hybridized carbons (Fsp3) is 0.500. The van der Waals surface area contributed by atoms with E-state index >= 15 is 0 Å². The molecule has 0 aliphatic heterocycles. The van der Waals surface area contributed by atoms with Crippen molar-refractivity contribution in [1.29, 1.82) is 0 Å². The zero-order chi connectivity index (χ0) is 26.2. The minimum Gasteiger partial charge on any atom is -0.390 e. The van der Waals surface area contributed by atoms with Gasteiger partial charge >= 0.3 is 0 Å². The van der Waals surface area contributed by atoms with E-state index in [9.17, 15) is 15.0 Å². The zero-order valence-corrected chi connectivity index (χ0v) is 21.9. The van der Waals surface area contributed by atoms with Crippen LogP contribution in [0.1, 0.15) is 57.3 Å². The van der Waals surface area contributed by atoms with Crippen LogP contribution in [0.4, 0.5) is 5.82 Å². The van der Waals surface area contributed by atoms with Crippen LogP contribution < -0.4 is 5.32 Å². The van der Waals surface area contributed by atoms with Gasteiger partial charge in [-0.1, -0.05) is 49.9 Å². The van der Waals surface area contributed by atoms with Gasteiger partial charge in [-0.3, -0.25) is 4.79 Å². The van der Waals surface area contributed by atoms with Crippen LogP contribution >= 0.6 is 11.6 Å². The first-order valence-electron chi connectivity index (χ1n) is 13.0. The van der Waals surface area contributed by atoms with Gasteiger partial charge in [-0.25, -0.2) is 15.0 Å². The molecule has 3 N–H and O–H groups in total. The van der Waals surface area contributed by atoms with Gasteiger partial charge in [0.15, 0.2) is 17.0 Å². The molecule has 0 radical (unpaired) electrons. The van der Waals surface area contributed by atoms with Gasteiger partial charge in [0.25, 0.3) is 0 Å². The molecule has 2 saturated carbocycles. The van der Waals surface area contributed by atoms with Crippen LogP contribution in [0, 0.1) is 29.1 Å². The summed E-state index contributed by atoms with van der Waals surface area (Å²) in [5, 5.41) is 25.6.